The van der Waals surface area contributed by atoms with E-state index >= 15 is 0 Å². The van der Waals surface area contributed by atoms with Crippen LogP contribution in [0.1, 0.15) is 109 Å². The van der Waals surface area contributed by atoms with E-state index in [-0.39, 0.29) is 26.2 Å². The van der Waals surface area contributed by atoms with Crippen LogP contribution in [0.15, 0.2) is 0 Å². The van der Waals surface area contributed by atoms with Crippen molar-refractivity contribution in [3.05, 3.63) is 0 Å². The van der Waals surface area contributed by atoms with Gasteiger partial charge in [-0.15, -0.1) is 0 Å². The molecule has 24 nitrogen and oxygen atoms in total. The van der Waals surface area contributed by atoms with Crippen molar-refractivity contribution in [2.24, 2.45) is 5.41 Å². The molecule has 0 heterocycles. The fourth-order valence-corrected chi connectivity index (χ4v) is 17.8. The number of carbonyl (C=O) groups is 4. The maximum Gasteiger partial charge on any atom is 0.500 e. The van der Waals surface area contributed by atoms with Crippen LogP contribution in [-0.2, 0) is 72.1 Å². The number of hydrogen-bond acceptors (Lipinski definition) is 20. The summed E-state index contributed by atoms with van der Waals surface area (Å²) in [6.45, 7) is 25.7. The molecule has 0 aromatic rings. The standard InChI is InChI=1S/C45H96N4O20Si4/c1-13-58-70(59-14-2,60-15-3)33-25-29-46-41(50)54-37-45(38-55-42(51)47-30-26-34-71(61-16-4,62-17-5)63-18-6,39-56-43(52)48-31-27-35-72(64-19-7,65-20-8)66-21-9)40-57-44(53)49-32-28-36-73(67-22-10,68-23-11)69-24-12/h13-40H2,1-12H3,(H,46,50)(H,47,51)(H,48,52)(H,49,53). The summed E-state index contributed by atoms with van der Waals surface area (Å²) in [5, 5.41) is 10.9. The highest BCUT2D eigenvalue weighted by molar-refractivity contribution is 6.61. The Hall–Kier alpha value is -2.53. The first kappa shape index (κ1) is 70.5. The Balaban J connectivity index is 6.53. The molecule has 0 unspecified atom stereocenters. The van der Waals surface area contributed by atoms with Crippen molar-refractivity contribution < 1.29 is 91.2 Å². The minimum absolute atomic E-state index is 0.171. The van der Waals surface area contributed by atoms with E-state index < -0.39 is 91.4 Å². The number of nitrogens with one attached hydrogen (secondary N) is 4. The predicted octanol–water partition coefficient (Wildman–Crippen LogP) is 6.63. The lowest BCUT2D eigenvalue weighted by molar-refractivity contribution is -0.0487. The molecule has 4 N–H and O–H groups in total. The first-order valence-electron chi connectivity index (χ1n) is 26.4. The fourth-order valence-electron chi connectivity index (χ4n) is 7.32. The minimum Gasteiger partial charge on any atom is -0.449 e. The zero-order chi connectivity index (χ0) is 54.8. The van der Waals surface area contributed by atoms with E-state index in [1.807, 2.05) is 83.1 Å². The van der Waals surface area contributed by atoms with Gasteiger partial charge in [-0.05, 0) is 109 Å². The molecule has 432 valence electrons. The molecule has 0 aliphatic heterocycles. The van der Waals surface area contributed by atoms with Crippen LogP contribution in [0.5, 0.6) is 0 Å². The van der Waals surface area contributed by atoms with Gasteiger partial charge in [0.15, 0.2) is 0 Å². The van der Waals surface area contributed by atoms with E-state index in [9.17, 15) is 19.2 Å². The number of ether oxygens (including phenoxy) is 4. The molecule has 0 saturated carbocycles. The summed E-state index contributed by atoms with van der Waals surface area (Å²) < 4.78 is 94.1. The smallest absolute Gasteiger partial charge is 0.449 e. The molecule has 0 radical (unpaired) electrons. The maximum atomic E-state index is 13.3. The average Bonchev–Trinajstić information content (AvgIpc) is 3.35. The zero-order valence-corrected chi connectivity index (χ0v) is 50.5. The van der Waals surface area contributed by atoms with E-state index in [1.165, 1.54) is 0 Å². The molecular weight excluding hydrogens is 1030 g/mol. The molecule has 0 aromatic heterocycles. The van der Waals surface area contributed by atoms with Gasteiger partial charge in [-0.3, -0.25) is 0 Å². The number of hydrogen-bond donors (Lipinski definition) is 4. The SMILES string of the molecule is CCO[Si](CCCNC(=O)OCC(COC(=O)NCCC[Si](OCC)(OCC)OCC)(COC(=O)NCCC[Si](OCC)(OCC)OCC)COC(=O)NCCC[Si](OCC)(OCC)OCC)(OCC)OCC. The van der Waals surface area contributed by atoms with Crippen LogP contribution in [-0.4, -0.2) is 191 Å². The number of amides is 4. The molecule has 0 aliphatic rings. The molecule has 0 spiro atoms. The van der Waals surface area contributed by atoms with Gasteiger partial charge < -0.3 is 93.3 Å². The van der Waals surface area contributed by atoms with Gasteiger partial charge >= 0.3 is 59.6 Å². The second-order valence-corrected chi connectivity index (χ2v) is 26.8. The molecule has 0 aliphatic carbocycles. The third-order valence-corrected chi connectivity index (χ3v) is 22.7. The molecule has 0 aromatic carbocycles. The van der Waals surface area contributed by atoms with E-state index in [2.05, 4.69) is 21.3 Å². The van der Waals surface area contributed by atoms with Crippen molar-refractivity contribution in [1.82, 2.24) is 21.3 Å². The van der Waals surface area contributed by atoms with Gasteiger partial charge in [-0.2, -0.15) is 0 Å². The van der Waals surface area contributed by atoms with Crippen LogP contribution < -0.4 is 21.3 Å². The lowest BCUT2D eigenvalue weighted by Gasteiger charge is -2.32. The van der Waals surface area contributed by atoms with Crippen LogP contribution in [0.2, 0.25) is 24.2 Å². The van der Waals surface area contributed by atoms with Crippen LogP contribution in [0.25, 0.3) is 0 Å². The van der Waals surface area contributed by atoms with E-state index in [0.29, 0.717) is 129 Å². The zero-order valence-electron chi connectivity index (χ0n) is 46.5. The summed E-state index contributed by atoms with van der Waals surface area (Å²) in [5.41, 5.74) is -1.62. The predicted molar refractivity (Wildman–Crippen MR) is 280 cm³/mol. The molecule has 28 heteroatoms. The Morgan fingerprint density at radius 1 is 0.288 bits per heavy atom. The van der Waals surface area contributed by atoms with Crippen molar-refractivity contribution in [2.75, 3.05) is 132 Å². The summed E-state index contributed by atoms with van der Waals surface area (Å²) in [4.78, 5) is 53.3. The Morgan fingerprint density at radius 3 is 0.575 bits per heavy atom. The molecule has 73 heavy (non-hydrogen) atoms. The first-order chi connectivity index (χ1) is 35.1. The highest BCUT2D eigenvalue weighted by atomic mass is 28.4. The van der Waals surface area contributed by atoms with Crippen LogP contribution in [0.3, 0.4) is 0 Å². The first-order valence-corrected chi connectivity index (χ1v) is 34.2. The fraction of sp³-hybridized carbons (Fsp3) is 0.911. The van der Waals surface area contributed by atoms with E-state index in [1.54, 1.807) is 0 Å². The molecule has 0 fully saturated rings. The normalized spacial score (nSPS) is 12.3. The highest BCUT2D eigenvalue weighted by Gasteiger charge is 2.43. The van der Waals surface area contributed by atoms with Gasteiger partial charge in [-0.25, -0.2) is 19.2 Å². The highest BCUT2D eigenvalue weighted by Crippen LogP contribution is 2.24. The molecule has 0 bridgehead atoms. The summed E-state index contributed by atoms with van der Waals surface area (Å²) in [6.07, 6.45) is -1.56. The van der Waals surface area contributed by atoms with Gasteiger partial charge in [0.25, 0.3) is 0 Å². The third-order valence-electron chi connectivity index (χ3n) is 10.1. The number of alkyl carbamates (subject to hydrolysis) is 4. The van der Waals surface area contributed by atoms with Crippen molar-refractivity contribution in [3.63, 3.8) is 0 Å². The van der Waals surface area contributed by atoms with Crippen LogP contribution in [0, 0.1) is 5.41 Å². The lowest BCUT2D eigenvalue weighted by Crippen LogP contribution is -2.48. The second kappa shape index (κ2) is 42.6. The van der Waals surface area contributed by atoms with Gasteiger partial charge in [0.05, 0.1) is 0 Å². The largest absolute Gasteiger partial charge is 0.500 e. The molecule has 0 saturated heterocycles. The van der Waals surface area contributed by atoms with Crippen molar-refractivity contribution >= 4 is 59.6 Å². The van der Waals surface area contributed by atoms with Gasteiger partial charge in [0.1, 0.15) is 31.8 Å². The number of rotatable bonds is 48. The summed E-state index contributed by atoms with van der Waals surface area (Å²) in [5.74, 6) is 0. The van der Waals surface area contributed by atoms with Gasteiger partial charge in [0, 0.05) is 130 Å². The Bertz CT molecular complexity index is 1160. The van der Waals surface area contributed by atoms with Crippen LogP contribution in [0.4, 0.5) is 19.2 Å². The Labute approximate surface area is 440 Å². The van der Waals surface area contributed by atoms with Crippen molar-refractivity contribution in [3.8, 4) is 0 Å². The van der Waals surface area contributed by atoms with Crippen LogP contribution >= 0.6 is 0 Å². The quantitative estimate of drug-likeness (QED) is 0.0283. The summed E-state index contributed by atoms with van der Waals surface area (Å²) in [6, 6.07) is 1.75. The summed E-state index contributed by atoms with van der Waals surface area (Å²) in [7, 11) is -11.9. The second-order valence-electron chi connectivity index (χ2n) is 15.9. The Morgan fingerprint density at radius 2 is 0.438 bits per heavy atom. The average molecular weight is 1130 g/mol. The van der Waals surface area contributed by atoms with E-state index in [0.717, 1.165) is 0 Å². The van der Waals surface area contributed by atoms with Crippen molar-refractivity contribution in [1.29, 1.82) is 0 Å². The third kappa shape index (κ3) is 30.7. The molecule has 4 amide bonds. The molecule has 0 rings (SSSR count). The Kier molecular flexibility index (Phi) is 41.1. The topological polar surface area (TPSA) is 264 Å². The molecule has 0 atom stereocenters. The minimum atomic E-state index is -2.99. The maximum absolute atomic E-state index is 13.3. The summed E-state index contributed by atoms with van der Waals surface area (Å²) >= 11 is 0. The lowest BCUT2D eigenvalue weighted by atomic mass is 9.92. The molecular formula is C45H96N4O20Si4. The van der Waals surface area contributed by atoms with Gasteiger partial charge in [0.2, 0.25) is 0 Å². The van der Waals surface area contributed by atoms with E-state index in [4.69, 9.17) is 72.1 Å². The van der Waals surface area contributed by atoms with Crippen molar-refractivity contribution in [2.45, 2.75) is 133 Å². The monoisotopic (exact) mass is 1120 g/mol. The number of carbonyl (C=O) groups excluding carboxylic acids is 4. The van der Waals surface area contributed by atoms with Gasteiger partial charge in [-0.1, -0.05) is 0 Å².